The maximum Gasteiger partial charge on any atom is 0.164 e. The van der Waals surface area contributed by atoms with Crippen LogP contribution in [0.15, 0.2) is 17.7 Å². The number of aromatic nitrogens is 2. The highest BCUT2D eigenvalue weighted by molar-refractivity contribution is 7.09. The third-order valence-electron chi connectivity index (χ3n) is 1.19. The van der Waals surface area contributed by atoms with Crippen LogP contribution in [0.3, 0.4) is 0 Å². The molecule has 0 bridgehead atoms. The van der Waals surface area contributed by atoms with Crippen LogP contribution in [0.2, 0.25) is 0 Å². The number of carbonyl (C=O) groups is 1. The summed E-state index contributed by atoms with van der Waals surface area (Å²) in [5, 5.41) is 8.11. The van der Waals surface area contributed by atoms with Crippen LogP contribution >= 0.6 is 11.3 Å². The average Bonchev–Trinajstić information content (AvgIpc) is 2.39. The Morgan fingerprint density at radius 2 is 2.55 bits per heavy atom. The number of Topliss-reactive ketones (excluding diaryl/α,β-unsaturated/α-hetero) is 1. The molecule has 1 heterocycles. The molecule has 3 nitrogen and oxygen atoms in total. The van der Waals surface area contributed by atoms with Gasteiger partial charge >= 0.3 is 0 Å². The van der Waals surface area contributed by atoms with Crippen LogP contribution in [0.1, 0.15) is 11.9 Å². The molecule has 0 N–H and O–H groups in total. The van der Waals surface area contributed by atoms with Crippen LogP contribution in [-0.4, -0.2) is 16.0 Å². The lowest BCUT2D eigenvalue weighted by Crippen LogP contribution is -2.02. The van der Waals surface area contributed by atoms with Gasteiger partial charge in [0.05, 0.1) is 6.42 Å². The molecule has 0 atom stereocenters. The third kappa shape index (κ3) is 2.23. The van der Waals surface area contributed by atoms with Gasteiger partial charge in [0, 0.05) is 0 Å². The normalized spacial score (nSPS) is 9.55. The number of nitrogens with zero attached hydrogens (tertiary/aromatic N) is 2. The zero-order valence-corrected chi connectivity index (χ0v) is 7.02. The molecule has 0 aliphatic rings. The molecular formula is C7H8N2OS. The maximum atomic E-state index is 11.0. The maximum absolute atomic E-state index is 11.0. The van der Waals surface area contributed by atoms with Crippen molar-refractivity contribution in [3.05, 3.63) is 22.7 Å². The van der Waals surface area contributed by atoms with E-state index in [1.165, 1.54) is 11.3 Å². The van der Waals surface area contributed by atoms with Gasteiger partial charge in [-0.3, -0.25) is 4.79 Å². The summed E-state index contributed by atoms with van der Waals surface area (Å²) in [7, 11) is 0. The minimum Gasteiger partial charge on any atom is -0.294 e. The summed E-state index contributed by atoms with van der Waals surface area (Å²) in [5.74, 6) is 0.0294. The van der Waals surface area contributed by atoms with Crippen molar-refractivity contribution in [2.24, 2.45) is 0 Å². The SMILES string of the molecule is C=C(C)C(=O)Cc1nncs1. The quantitative estimate of drug-likeness (QED) is 0.637. The van der Waals surface area contributed by atoms with Gasteiger partial charge in [-0.2, -0.15) is 0 Å². The molecule has 58 valence electrons. The van der Waals surface area contributed by atoms with Crippen molar-refractivity contribution in [3.63, 3.8) is 0 Å². The first kappa shape index (κ1) is 8.07. The van der Waals surface area contributed by atoms with Crippen molar-refractivity contribution >= 4 is 17.1 Å². The molecule has 11 heavy (non-hydrogen) atoms. The summed E-state index contributed by atoms with van der Waals surface area (Å²) in [6.07, 6.45) is 0.333. The Balaban J connectivity index is 2.57. The van der Waals surface area contributed by atoms with E-state index < -0.39 is 0 Å². The fourth-order valence-corrected chi connectivity index (χ4v) is 1.09. The van der Waals surface area contributed by atoms with Gasteiger partial charge in [0.1, 0.15) is 10.5 Å². The van der Waals surface area contributed by atoms with E-state index in [1.54, 1.807) is 12.4 Å². The van der Waals surface area contributed by atoms with Crippen LogP contribution in [0, 0.1) is 0 Å². The van der Waals surface area contributed by atoms with Gasteiger partial charge in [0.2, 0.25) is 0 Å². The Morgan fingerprint density at radius 3 is 3.00 bits per heavy atom. The lowest BCUT2D eigenvalue weighted by atomic mass is 10.2. The topological polar surface area (TPSA) is 42.9 Å². The Kier molecular flexibility index (Phi) is 2.48. The standard InChI is InChI=1S/C7H8N2OS/c1-5(2)6(10)3-7-9-8-4-11-7/h4H,1,3H2,2H3. The summed E-state index contributed by atoms with van der Waals surface area (Å²) in [6.45, 7) is 5.24. The second-order valence-corrected chi connectivity index (χ2v) is 3.13. The van der Waals surface area contributed by atoms with Crippen LogP contribution in [0.5, 0.6) is 0 Å². The first-order valence-corrected chi connectivity index (χ1v) is 4.02. The van der Waals surface area contributed by atoms with E-state index >= 15 is 0 Å². The molecule has 0 aromatic carbocycles. The number of rotatable bonds is 3. The highest BCUT2D eigenvalue weighted by Crippen LogP contribution is 2.05. The third-order valence-corrected chi connectivity index (χ3v) is 1.89. The number of carbonyl (C=O) groups excluding carboxylic acids is 1. The van der Waals surface area contributed by atoms with Crippen molar-refractivity contribution in [3.8, 4) is 0 Å². The monoisotopic (exact) mass is 168 g/mol. The fraction of sp³-hybridized carbons (Fsp3) is 0.286. The van der Waals surface area contributed by atoms with Crippen molar-refractivity contribution in [2.45, 2.75) is 13.3 Å². The van der Waals surface area contributed by atoms with Gasteiger partial charge in [-0.1, -0.05) is 6.58 Å². The van der Waals surface area contributed by atoms with Crippen molar-refractivity contribution in [1.82, 2.24) is 10.2 Å². The van der Waals surface area contributed by atoms with E-state index in [0.29, 0.717) is 12.0 Å². The van der Waals surface area contributed by atoms with Gasteiger partial charge in [-0.05, 0) is 12.5 Å². The molecule has 0 spiro atoms. The number of allylic oxidation sites excluding steroid dienone is 1. The summed E-state index contributed by atoms with van der Waals surface area (Å²) in [6, 6.07) is 0. The van der Waals surface area contributed by atoms with Crippen LogP contribution in [0.4, 0.5) is 0 Å². The molecule has 0 amide bonds. The summed E-state index contributed by atoms with van der Waals surface area (Å²) in [5.41, 5.74) is 2.18. The van der Waals surface area contributed by atoms with Crippen molar-refractivity contribution in [1.29, 1.82) is 0 Å². The lowest BCUT2D eigenvalue weighted by molar-refractivity contribution is -0.114. The van der Waals surface area contributed by atoms with Gasteiger partial charge in [0.15, 0.2) is 5.78 Å². The van der Waals surface area contributed by atoms with E-state index in [2.05, 4.69) is 16.8 Å². The Bertz CT molecular complexity index is 266. The fourth-order valence-electron chi connectivity index (χ4n) is 0.561. The Morgan fingerprint density at radius 1 is 1.82 bits per heavy atom. The largest absolute Gasteiger partial charge is 0.294 e. The molecule has 0 saturated carbocycles. The highest BCUT2D eigenvalue weighted by atomic mass is 32.1. The predicted octanol–water partition coefficient (Wildman–Crippen LogP) is 1.23. The predicted molar refractivity (Wildman–Crippen MR) is 43.4 cm³/mol. The van der Waals surface area contributed by atoms with E-state index in [9.17, 15) is 4.79 Å². The molecular weight excluding hydrogens is 160 g/mol. The minimum absolute atomic E-state index is 0.0294. The first-order valence-electron chi connectivity index (χ1n) is 3.14. The lowest BCUT2D eigenvalue weighted by Gasteiger charge is -1.92. The zero-order valence-electron chi connectivity index (χ0n) is 6.20. The first-order chi connectivity index (χ1) is 5.20. The second kappa shape index (κ2) is 3.39. The van der Waals surface area contributed by atoms with E-state index in [-0.39, 0.29) is 5.78 Å². The van der Waals surface area contributed by atoms with Crippen LogP contribution in [0.25, 0.3) is 0 Å². The smallest absolute Gasteiger partial charge is 0.164 e. The summed E-state index contributed by atoms with van der Waals surface area (Å²) < 4.78 is 0. The minimum atomic E-state index is 0.0294. The molecule has 1 aromatic heterocycles. The molecule has 0 fully saturated rings. The summed E-state index contributed by atoms with van der Waals surface area (Å²) in [4.78, 5) is 11.0. The molecule has 1 aromatic rings. The molecule has 0 aliphatic carbocycles. The average molecular weight is 168 g/mol. The summed E-state index contributed by atoms with van der Waals surface area (Å²) >= 11 is 1.38. The van der Waals surface area contributed by atoms with Crippen molar-refractivity contribution < 1.29 is 4.79 Å². The number of hydrogen-bond acceptors (Lipinski definition) is 4. The molecule has 4 heteroatoms. The molecule has 0 radical (unpaired) electrons. The highest BCUT2D eigenvalue weighted by Gasteiger charge is 2.05. The second-order valence-electron chi connectivity index (χ2n) is 2.21. The van der Waals surface area contributed by atoms with Crippen LogP contribution in [-0.2, 0) is 11.2 Å². The molecule has 1 rings (SSSR count). The van der Waals surface area contributed by atoms with E-state index in [0.717, 1.165) is 5.01 Å². The number of hydrogen-bond donors (Lipinski definition) is 0. The van der Waals surface area contributed by atoms with Crippen molar-refractivity contribution in [2.75, 3.05) is 0 Å². The van der Waals surface area contributed by atoms with Gasteiger partial charge in [0.25, 0.3) is 0 Å². The van der Waals surface area contributed by atoms with Gasteiger partial charge < -0.3 is 0 Å². The molecule has 0 aliphatic heterocycles. The van der Waals surface area contributed by atoms with Gasteiger partial charge in [-0.15, -0.1) is 21.5 Å². The molecule has 0 unspecified atom stereocenters. The van der Waals surface area contributed by atoms with Gasteiger partial charge in [-0.25, -0.2) is 0 Å². The van der Waals surface area contributed by atoms with E-state index in [1.807, 2.05) is 0 Å². The van der Waals surface area contributed by atoms with Crippen LogP contribution < -0.4 is 0 Å². The van der Waals surface area contributed by atoms with E-state index in [4.69, 9.17) is 0 Å². The zero-order chi connectivity index (χ0) is 8.27. The Labute approximate surface area is 68.8 Å². The Hall–Kier alpha value is -1.03. The molecule has 0 saturated heterocycles. The number of ketones is 1.